The molecule has 5 atom stereocenters. The minimum atomic E-state index is -0.241. The van der Waals surface area contributed by atoms with Gasteiger partial charge in [-0.15, -0.1) is 0 Å². The molecule has 1 amide bonds. The third-order valence-corrected chi connectivity index (χ3v) is 6.32. The molecule has 4 rings (SSSR count). The lowest BCUT2D eigenvalue weighted by atomic mass is 9.43. The molecular weight excluding hydrogens is 253 g/mol. The van der Waals surface area contributed by atoms with Gasteiger partial charge in [0.05, 0.1) is 11.7 Å². The van der Waals surface area contributed by atoms with Crippen LogP contribution in [0.5, 0.6) is 0 Å². The summed E-state index contributed by atoms with van der Waals surface area (Å²) in [6, 6.07) is 0. The van der Waals surface area contributed by atoms with Gasteiger partial charge in [0, 0.05) is 5.92 Å². The predicted molar refractivity (Wildman–Crippen MR) is 77.9 cm³/mol. The molecule has 2 N–H and O–H groups in total. The monoisotopic (exact) mass is 279 g/mol. The summed E-state index contributed by atoms with van der Waals surface area (Å²) in [7, 11) is -0.165. The van der Waals surface area contributed by atoms with E-state index in [1.54, 1.807) is 0 Å². The van der Waals surface area contributed by atoms with Crippen molar-refractivity contribution in [2.75, 3.05) is 0 Å². The molecule has 112 valence electrons. The summed E-state index contributed by atoms with van der Waals surface area (Å²) >= 11 is 0. The van der Waals surface area contributed by atoms with Crippen LogP contribution in [-0.2, 0) is 14.1 Å². The van der Waals surface area contributed by atoms with Gasteiger partial charge in [-0.25, -0.2) is 0 Å². The SMILES string of the molecule is C[C@H](CCB1O[C@@H]2C[C@@H]3C[C@@H](C3(C)C)[C@]2(C)O1)C(N)=O. The Hall–Kier alpha value is -0.545. The van der Waals surface area contributed by atoms with E-state index in [4.69, 9.17) is 15.0 Å². The lowest BCUT2D eigenvalue weighted by Gasteiger charge is -2.64. The highest BCUT2D eigenvalue weighted by Crippen LogP contribution is 2.65. The Morgan fingerprint density at radius 3 is 2.70 bits per heavy atom. The molecule has 0 aromatic carbocycles. The van der Waals surface area contributed by atoms with E-state index in [2.05, 4.69) is 20.8 Å². The Bertz CT molecular complexity index is 427. The first kappa shape index (κ1) is 14.4. The van der Waals surface area contributed by atoms with Crippen molar-refractivity contribution in [3.8, 4) is 0 Å². The van der Waals surface area contributed by atoms with E-state index in [1.807, 2.05) is 6.92 Å². The van der Waals surface area contributed by atoms with Crippen LogP contribution < -0.4 is 5.73 Å². The summed E-state index contributed by atoms with van der Waals surface area (Å²) in [5, 5.41) is 0. The van der Waals surface area contributed by atoms with Crippen molar-refractivity contribution < 1.29 is 14.1 Å². The topological polar surface area (TPSA) is 61.6 Å². The van der Waals surface area contributed by atoms with Gasteiger partial charge >= 0.3 is 7.12 Å². The number of hydrogen-bond donors (Lipinski definition) is 1. The second-order valence-electron chi connectivity index (χ2n) is 7.78. The Morgan fingerprint density at radius 1 is 1.40 bits per heavy atom. The second kappa shape index (κ2) is 4.47. The summed E-state index contributed by atoms with van der Waals surface area (Å²) < 4.78 is 12.4. The Labute approximate surface area is 121 Å². The number of hydrogen-bond acceptors (Lipinski definition) is 3. The summed E-state index contributed by atoms with van der Waals surface area (Å²) in [5.41, 5.74) is 5.55. The maximum atomic E-state index is 11.1. The van der Waals surface area contributed by atoms with Gasteiger partial charge in [0.2, 0.25) is 5.91 Å². The van der Waals surface area contributed by atoms with Gasteiger partial charge in [-0.3, -0.25) is 4.79 Å². The number of primary amides is 1. The highest BCUT2D eigenvalue weighted by Gasteiger charge is 2.67. The van der Waals surface area contributed by atoms with Crippen molar-refractivity contribution in [3.05, 3.63) is 0 Å². The molecule has 1 aliphatic heterocycles. The standard InChI is InChI=1S/C15H26BNO3/c1-9(13(17)18)5-6-16-19-12-8-10-7-11(14(10,2)3)15(12,4)20-16/h9-12H,5-8H2,1-4H3,(H2,17,18)/t9-,10+,11+,12-,15+/m1/s1. The van der Waals surface area contributed by atoms with Crippen LogP contribution in [-0.4, -0.2) is 24.7 Å². The predicted octanol–water partition coefficient (Wildman–Crippen LogP) is 2.23. The quantitative estimate of drug-likeness (QED) is 0.803. The van der Waals surface area contributed by atoms with Gasteiger partial charge < -0.3 is 15.0 Å². The second-order valence-corrected chi connectivity index (χ2v) is 7.78. The summed E-state index contributed by atoms with van der Waals surface area (Å²) in [4.78, 5) is 11.1. The minimum absolute atomic E-state index is 0.109. The Kier molecular flexibility index (Phi) is 3.22. The van der Waals surface area contributed by atoms with E-state index in [1.165, 1.54) is 6.42 Å². The van der Waals surface area contributed by atoms with Crippen LogP contribution in [0.15, 0.2) is 0 Å². The molecule has 0 spiro atoms. The van der Waals surface area contributed by atoms with Crippen molar-refractivity contribution in [2.24, 2.45) is 28.9 Å². The smallest absolute Gasteiger partial charge is 0.405 e. The molecule has 3 saturated carbocycles. The number of amides is 1. The lowest BCUT2D eigenvalue weighted by molar-refractivity contribution is -0.199. The zero-order valence-corrected chi connectivity index (χ0v) is 13.0. The van der Waals surface area contributed by atoms with Crippen LogP contribution in [0, 0.1) is 23.2 Å². The number of nitrogens with two attached hydrogens (primary N) is 1. The molecule has 1 saturated heterocycles. The fourth-order valence-corrected chi connectivity index (χ4v) is 4.60. The fraction of sp³-hybridized carbons (Fsp3) is 0.933. The number of rotatable bonds is 4. The average Bonchev–Trinajstić information content (AvgIpc) is 2.71. The highest BCUT2D eigenvalue weighted by atomic mass is 16.7. The minimum Gasteiger partial charge on any atom is -0.405 e. The van der Waals surface area contributed by atoms with Crippen molar-refractivity contribution in [1.29, 1.82) is 0 Å². The third kappa shape index (κ3) is 1.93. The largest absolute Gasteiger partial charge is 0.457 e. The van der Waals surface area contributed by atoms with Crippen molar-refractivity contribution in [2.45, 2.75) is 65.0 Å². The molecule has 20 heavy (non-hydrogen) atoms. The molecule has 0 aromatic heterocycles. The van der Waals surface area contributed by atoms with E-state index >= 15 is 0 Å². The van der Waals surface area contributed by atoms with Crippen LogP contribution >= 0.6 is 0 Å². The van der Waals surface area contributed by atoms with E-state index in [-0.39, 0.29) is 30.6 Å². The van der Waals surface area contributed by atoms with Crippen LogP contribution in [0.2, 0.25) is 6.32 Å². The van der Waals surface area contributed by atoms with Gasteiger partial charge in [0.1, 0.15) is 0 Å². The fourth-order valence-electron chi connectivity index (χ4n) is 4.60. The van der Waals surface area contributed by atoms with Crippen LogP contribution in [0.4, 0.5) is 0 Å². The molecule has 4 nitrogen and oxygen atoms in total. The molecule has 1 heterocycles. The van der Waals surface area contributed by atoms with Crippen molar-refractivity contribution >= 4 is 13.0 Å². The molecule has 0 aromatic rings. The first-order valence-electron chi connectivity index (χ1n) is 7.87. The van der Waals surface area contributed by atoms with Crippen molar-refractivity contribution in [1.82, 2.24) is 0 Å². The molecule has 0 unspecified atom stereocenters. The van der Waals surface area contributed by atoms with Gasteiger partial charge in [0.15, 0.2) is 0 Å². The normalized spacial score (nSPS) is 42.8. The summed E-state index contributed by atoms with van der Waals surface area (Å²) in [6.45, 7) is 8.81. The first-order valence-corrected chi connectivity index (χ1v) is 7.87. The lowest BCUT2D eigenvalue weighted by Crippen LogP contribution is -2.65. The maximum absolute atomic E-state index is 11.1. The first-order chi connectivity index (χ1) is 9.25. The zero-order valence-electron chi connectivity index (χ0n) is 13.0. The van der Waals surface area contributed by atoms with Crippen molar-refractivity contribution in [3.63, 3.8) is 0 Å². The van der Waals surface area contributed by atoms with E-state index in [0.29, 0.717) is 11.3 Å². The summed E-state index contributed by atoms with van der Waals surface area (Å²) in [5.74, 6) is 1.02. The van der Waals surface area contributed by atoms with E-state index in [0.717, 1.165) is 25.1 Å². The molecule has 3 aliphatic carbocycles. The summed E-state index contributed by atoms with van der Waals surface area (Å²) in [6.07, 6.45) is 4.11. The third-order valence-electron chi connectivity index (χ3n) is 6.32. The van der Waals surface area contributed by atoms with E-state index in [9.17, 15) is 4.79 Å². The van der Waals surface area contributed by atoms with E-state index < -0.39 is 0 Å². The van der Waals surface area contributed by atoms with Crippen LogP contribution in [0.3, 0.4) is 0 Å². The van der Waals surface area contributed by atoms with Gasteiger partial charge in [-0.05, 0) is 49.8 Å². The van der Waals surface area contributed by atoms with Gasteiger partial charge in [0.25, 0.3) is 0 Å². The number of carbonyl (C=O) groups excluding carboxylic acids is 1. The molecule has 4 aliphatic rings. The Balaban J connectivity index is 1.63. The molecule has 2 bridgehead atoms. The highest BCUT2D eigenvalue weighted by molar-refractivity contribution is 6.45. The maximum Gasteiger partial charge on any atom is 0.457 e. The molecular formula is C15H26BNO3. The molecule has 0 radical (unpaired) electrons. The zero-order chi connectivity index (χ0) is 14.7. The van der Waals surface area contributed by atoms with Crippen LogP contribution in [0.25, 0.3) is 0 Å². The Morgan fingerprint density at radius 2 is 2.10 bits per heavy atom. The molecule has 5 heteroatoms. The van der Waals surface area contributed by atoms with Crippen LogP contribution in [0.1, 0.15) is 47.0 Å². The van der Waals surface area contributed by atoms with Gasteiger partial charge in [-0.1, -0.05) is 20.8 Å². The van der Waals surface area contributed by atoms with Gasteiger partial charge in [-0.2, -0.15) is 0 Å². The average molecular weight is 279 g/mol. The number of carbonyl (C=O) groups is 1. The molecule has 4 fully saturated rings.